The summed E-state index contributed by atoms with van der Waals surface area (Å²) in [5.41, 5.74) is 15.7. The molecule has 3 aromatic carbocycles. The third kappa shape index (κ3) is 7.95. The highest BCUT2D eigenvalue weighted by atomic mass is 32.3. The van der Waals surface area contributed by atoms with E-state index in [2.05, 4.69) is 53.4 Å². The summed E-state index contributed by atoms with van der Waals surface area (Å²) in [7, 11) is -7.66. The van der Waals surface area contributed by atoms with E-state index in [9.17, 15) is 25.9 Å². The minimum Gasteiger partial charge on any atom is -0.384 e. The van der Waals surface area contributed by atoms with Gasteiger partial charge in [0.05, 0.1) is 35.2 Å². The average molecular weight is 775 g/mol. The number of nitrogens with zero attached hydrogens (tertiary/aromatic N) is 4. The summed E-state index contributed by atoms with van der Waals surface area (Å²) in [4.78, 5) is 0. The molecule has 0 radical (unpaired) electrons. The maximum Gasteiger partial charge on any atom is 0.292 e. The molecule has 1 aliphatic carbocycles. The fraction of sp³-hybridized carbons (Fsp3) is 0.118. The monoisotopic (exact) mass is 774 g/mol. The summed E-state index contributed by atoms with van der Waals surface area (Å²) >= 11 is 0. The van der Waals surface area contributed by atoms with E-state index >= 15 is 0 Å². The third-order valence-corrected chi connectivity index (χ3v) is 11.9. The molecule has 0 aromatic heterocycles. The first kappa shape index (κ1) is 37.3. The zero-order valence-electron chi connectivity index (χ0n) is 28.8. The maximum absolute atomic E-state index is 13.0. The van der Waals surface area contributed by atoms with Gasteiger partial charge in [-0.25, -0.2) is 0 Å². The number of hydrazone groups is 2. The molecular weight excluding hydrogens is 737 g/mol. The van der Waals surface area contributed by atoms with E-state index in [1.165, 1.54) is 35.6 Å². The van der Waals surface area contributed by atoms with Crippen LogP contribution in [-0.4, -0.2) is 66.8 Å². The molecule has 2 aliphatic heterocycles. The Morgan fingerprint density at radius 3 is 1.69 bits per heavy atom. The average Bonchev–Trinajstić information content (AvgIpc) is 3.16. The molecule has 20 heteroatoms. The van der Waals surface area contributed by atoms with E-state index in [1.807, 2.05) is 48.5 Å². The van der Waals surface area contributed by atoms with Gasteiger partial charge in [0.25, 0.3) is 24.3 Å². The normalized spacial score (nSPS) is 18.1. The SMILES string of the molecule is CNC1=C(NC2=CC(S(=O)(=O)O)(S(=O)(=O)O)C(C=Cc3ccc(NC4=C(NC)C=NNN4Nc4ccccc4)cc3)C=C2)N(Nc2ccccc2)NN=C1. The van der Waals surface area contributed by atoms with Gasteiger partial charge in [-0.3, -0.25) is 20.0 Å². The van der Waals surface area contributed by atoms with Crippen molar-refractivity contribution in [2.45, 2.75) is 4.08 Å². The van der Waals surface area contributed by atoms with Gasteiger partial charge in [0.1, 0.15) is 0 Å². The number of benzene rings is 3. The van der Waals surface area contributed by atoms with Crippen molar-refractivity contribution in [3.63, 3.8) is 0 Å². The van der Waals surface area contributed by atoms with Crippen molar-refractivity contribution >= 4 is 55.8 Å². The highest BCUT2D eigenvalue weighted by molar-refractivity contribution is 8.05. The van der Waals surface area contributed by atoms with Crippen molar-refractivity contribution in [2.75, 3.05) is 30.3 Å². The minimum atomic E-state index is -5.52. The van der Waals surface area contributed by atoms with Crippen LogP contribution < -0.4 is 43.2 Å². The van der Waals surface area contributed by atoms with E-state index in [0.29, 0.717) is 34.2 Å². The van der Waals surface area contributed by atoms with E-state index < -0.39 is 30.2 Å². The van der Waals surface area contributed by atoms with Gasteiger partial charge in [-0.1, -0.05) is 66.8 Å². The summed E-state index contributed by atoms with van der Waals surface area (Å²) in [5.74, 6) is -0.703. The fourth-order valence-corrected chi connectivity index (χ4v) is 8.21. The summed E-state index contributed by atoms with van der Waals surface area (Å²) < 4.78 is 69.9. The summed E-state index contributed by atoms with van der Waals surface area (Å²) in [6.07, 6.45) is 9.27. The van der Waals surface area contributed by atoms with Crippen LogP contribution in [0.5, 0.6) is 0 Å². The molecule has 0 fully saturated rings. The number of anilines is 3. The van der Waals surface area contributed by atoms with Gasteiger partial charge in [-0.15, -0.1) is 0 Å². The Kier molecular flexibility index (Phi) is 10.8. The van der Waals surface area contributed by atoms with Gasteiger partial charge in [0.15, 0.2) is 11.6 Å². The Labute approximate surface area is 312 Å². The predicted octanol–water partition coefficient (Wildman–Crippen LogP) is 2.69. The van der Waals surface area contributed by atoms with Crippen LogP contribution >= 0.6 is 0 Å². The molecule has 10 N–H and O–H groups in total. The molecule has 0 amide bonds. The highest BCUT2D eigenvalue weighted by Crippen LogP contribution is 2.40. The number of para-hydroxylation sites is 2. The zero-order chi connectivity index (χ0) is 38.3. The van der Waals surface area contributed by atoms with Crippen LogP contribution in [0.3, 0.4) is 0 Å². The molecular formula is C34H38N12O6S2. The molecule has 54 heavy (non-hydrogen) atoms. The van der Waals surface area contributed by atoms with Crippen LogP contribution in [-0.2, 0) is 20.2 Å². The molecule has 2 heterocycles. The van der Waals surface area contributed by atoms with Crippen LogP contribution in [0.15, 0.2) is 148 Å². The van der Waals surface area contributed by atoms with Gasteiger partial charge >= 0.3 is 0 Å². The van der Waals surface area contributed by atoms with Gasteiger partial charge in [-0.2, -0.15) is 48.3 Å². The van der Waals surface area contributed by atoms with Crippen LogP contribution in [0, 0.1) is 5.92 Å². The quantitative estimate of drug-likeness (QED) is 0.106. The number of allylic oxidation sites excluding steroid dienone is 5. The van der Waals surface area contributed by atoms with Gasteiger partial charge in [-0.05, 0) is 54.1 Å². The molecule has 3 aliphatic rings. The Bertz CT molecular complexity index is 2250. The highest BCUT2D eigenvalue weighted by Gasteiger charge is 2.58. The predicted molar refractivity (Wildman–Crippen MR) is 208 cm³/mol. The van der Waals surface area contributed by atoms with Gasteiger partial charge < -0.3 is 21.3 Å². The molecule has 0 spiro atoms. The largest absolute Gasteiger partial charge is 0.384 e. The topological polar surface area (TPSA) is 236 Å². The van der Waals surface area contributed by atoms with E-state index in [1.54, 1.807) is 61.8 Å². The number of nitrogens with one attached hydrogen (secondary N) is 8. The second-order valence-electron chi connectivity index (χ2n) is 11.8. The number of rotatable bonds is 14. The summed E-state index contributed by atoms with van der Waals surface area (Å²) in [5, 5.41) is 23.5. The first-order valence-electron chi connectivity index (χ1n) is 16.2. The molecule has 282 valence electrons. The summed E-state index contributed by atoms with van der Waals surface area (Å²) in [6, 6.07) is 25.5. The van der Waals surface area contributed by atoms with Crippen molar-refractivity contribution in [3.05, 3.63) is 144 Å². The Morgan fingerprint density at radius 1 is 0.704 bits per heavy atom. The molecule has 0 bridgehead atoms. The van der Waals surface area contributed by atoms with Crippen LogP contribution in [0.2, 0.25) is 0 Å². The molecule has 0 saturated heterocycles. The Morgan fingerprint density at radius 2 is 1.20 bits per heavy atom. The molecule has 3 aromatic rings. The lowest BCUT2D eigenvalue weighted by Crippen LogP contribution is -2.52. The molecule has 18 nitrogen and oxygen atoms in total. The van der Waals surface area contributed by atoms with Crippen LogP contribution in [0.4, 0.5) is 17.1 Å². The third-order valence-electron chi connectivity index (χ3n) is 8.27. The molecule has 1 unspecified atom stereocenters. The second-order valence-corrected chi connectivity index (χ2v) is 15.3. The Hall–Kier alpha value is -6.48. The fourth-order valence-electron chi connectivity index (χ4n) is 5.59. The van der Waals surface area contributed by atoms with Crippen molar-refractivity contribution in [2.24, 2.45) is 16.1 Å². The zero-order valence-corrected chi connectivity index (χ0v) is 30.5. The smallest absolute Gasteiger partial charge is 0.292 e. The molecule has 0 saturated carbocycles. The van der Waals surface area contributed by atoms with Crippen LogP contribution in [0.25, 0.3) is 6.08 Å². The number of hydrogen-bond donors (Lipinski definition) is 10. The van der Waals surface area contributed by atoms with E-state index in [0.717, 1.165) is 11.8 Å². The minimum absolute atomic E-state index is 0.0710. The van der Waals surface area contributed by atoms with E-state index in [4.69, 9.17) is 0 Å². The molecule has 6 rings (SSSR count). The lowest BCUT2D eigenvalue weighted by Gasteiger charge is -2.35. The lowest BCUT2D eigenvalue weighted by atomic mass is 9.96. The van der Waals surface area contributed by atoms with Crippen molar-refractivity contribution in [3.8, 4) is 0 Å². The van der Waals surface area contributed by atoms with E-state index in [-0.39, 0.29) is 11.5 Å². The van der Waals surface area contributed by atoms with Crippen molar-refractivity contribution < 1.29 is 25.9 Å². The number of hydrogen-bond acceptors (Lipinski definition) is 16. The number of hydrazine groups is 4. The van der Waals surface area contributed by atoms with Crippen molar-refractivity contribution in [1.82, 2.24) is 37.3 Å². The second kappa shape index (κ2) is 15.6. The summed E-state index contributed by atoms with van der Waals surface area (Å²) in [6.45, 7) is 0. The lowest BCUT2D eigenvalue weighted by molar-refractivity contribution is 0.278. The van der Waals surface area contributed by atoms with Gasteiger partial charge in [0, 0.05) is 31.4 Å². The van der Waals surface area contributed by atoms with Crippen LogP contribution in [0.1, 0.15) is 5.56 Å². The maximum atomic E-state index is 13.0. The first-order valence-corrected chi connectivity index (χ1v) is 19.1. The first-order chi connectivity index (χ1) is 25.9. The standard InChI is InChI=1S/C34H38N12O6S2/c1-35-30-22-37-43-45(41-27-9-5-3-6-10-27)32(30)39-26-18-14-24(15-19-26)13-16-25-17-20-29(21-34(25,53(47,48)49)54(50,51)52)40-33-31(36-2)23-38-44-46(33)42-28-11-7-4-8-12-28/h3-23,25,35-36,39-44H,1-2H3,(H,47,48,49)(H,50,51,52). The van der Waals surface area contributed by atoms with Gasteiger partial charge in [0.2, 0.25) is 0 Å². The van der Waals surface area contributed by atoms with Crippen molar-refractivity contribution in [1.29, 1.82) is 0 Å². The molecule has 1 atom stereocenters. The Balaban J connectivity index is 1.25.